The largest absolute Gasteiger partial charge is 0.479 e. The van der Waals surface area contributed by atoms with E-state index < -0.39 is 36.7 Å². The van der Waals surface area contributed by atoms with Crippen molar-refractivity contribution in [2.45, 2.75) is 30.7 Å². The van der Waals surface area contributed by atoms with Gasteiger partial charge in [-0.15, -0.1) is 0 Å². The zero-order valence-corrected chi connectivity index (χ0v) is 6.44. The SMILES string of the molecule is O=C(O)[C@H]1OC(O)[C@H](O)C(O)[C@H]1O. The minimum atomic E-state index is -1.81. The quantitative estimate of drug-likeness (QED) is 0.298. The maximum absolute atomic E-state index is 10.4. The van der Waals surface area contributed by atoms with Gasteiger partial charge in [-0.2, -0.15) is 0 Å². The van der Waals surface area contributed by atoms with Crippen molar-refractivity contribution in [1.29, 1.82) is 0 Å². The third kappa shape index (κ3) is 1.79. The van der Waals surface area contributed by atoms with Gasteiger partial charge in [-0.25, -0.2) is 4.79 Å². The molecule has 0 spiro atoms. The first-order valence-electron chi connectivity index (χ1n) is 3.55. The van der Waals surface area contributed by atoms with Gasteiger partial charge in [0.05, 0.1) is 0 Å². The van der Waals surface area contributed by atoms with Gasteiger partial charge in [0.1, 0.15) is 18.3 Å². The molecule has 13 heavy (non-hydrogen) atoms. The van der Waals surface area contributed by atoms with Crippen LogP contribution in [0.25, 0.3) is 0 Å². The number of carbonyl (C=O) groups is 1. The number of aliphatic hydroxyl groups excluding tert-OH is 4. The molecule has 76 valence electrons. The van der Waals surface area contributed by atoms with Crippen LogP contribution in [0.2, 0.25) is 0 Å². The van der Waals surface area contributed by atoms with E-state index in [4.69, 9.17) is 25.5 Å². The van der Waals surface area contributed by atoms with Gasteiger partial charge in [-0.1, -0.05) is 0 Å². The Hall–Kier alpha value is -0.730. The summed E-state index contributed by atoms with van der Waals surface area (Å²) in [6.45, 7) is 0. The molecule has 5 atom stereocenters. The minimum Gasteiger partial charge on any atom is -0.479 e. The number of rotatable bonds is 1. The van der Waals surface area contributed by atoms with E-state index in [0.717, 1.165) is 0 Å². The van der Waals surface area contributed by atoms with E-state index in [1.807, 2.05) is 0 Å². The first-order valence-corrected chi connectivity index (χ1v) is 3.55. The summed E-state index contributed by atoms with van der Waals surface area (Å²) in [7, 11) is 0. The lowest BCUT2D eigenvalue weighted by atomic mass is 9.99. The van der Waals surface area contributed by atoms with Crippen molar-refractivity contribution in [3.8, 4) is 0 Å². The van der Waals surface area contributed by atoms with Crippen LogP contribution in [0.4, 0.5) is 0 Å². The average molecular weight is 194 g/mol. The molecule has 1 rings (SSSR count). The van der Waals surface area contributed by atoms with Gasteiger partial charge in [0.15, 0.2) is 12.4 Å². The summed E-state index contributed by atoms with van der Waals surface area (Å²) >= 11 is 0. The number of hydrogen-bond donors (Lipinski definition) is 5. The first-order chi connectivity index (χ1) is 5.95. The van der Waals surface area contributed by atoms with Crippen LogP contribution in [0.1, 0.15) is 0 Å². The monoisotopic (exact) mass is 194 g/mol. The summed E-state index contributed by atoms with van der Waals surface area (Å²) in [5.74, 6) is -1.52. The van der Waals surface area contributed by atoms with Crippen LogP contribution in [0.5, 0.6) is 0 Å². The fraction of sp³-hybridized carbons (Fsp3) is 0.833. The van der Waals surface area contributed by atoms with Gasteiger partial charge >= 0.3 is 5.97 Å². The molecule has 2 unspecified atom stereocenters. The number of aliphatic carboxylic acids is 1. The van der Waals surface area contributed by atoms with Gasteiger partial charge in [0.25, 0.3) is 0 Å². The summed E-state index contributed by atoms with van der Waals surface area (Å²) in [5.41, 5.74) is 0. The molecule has 0 amide bonds. The van der Waals surface area contributed by atoms with E-state index in [2.05, 4.69) is 4.74 Å². The lowest BCUT2D eigenvalue weighted by Gasteiger charge is -2.36. The van der Waals surface area contributed by atoms with E-state index in [0.29, 0.717) is 0 Å². The van der Waals surface area contributed by atoms with Crippen LogP contribution in [0, 0.1) is 0 Å². The van der Waals surface area contributed by atoms with Crippen LogP contribution in [-0.2, 0) is 9.53 Å². The van der Waals surface area contributed by atoms with Crippen LogP contribution in [0.3, 0.4) is 0 Å². The summed E-state index contributed by atoms with van der Waals surface area (Å²) < 4.78 is 4.34. The van der Waals surface area contributed by atoms with E-state index in [9.17, 15) is 4.79 Å². The van der Waals surface area contributed by atoms with Crippen molar-refractivity contribution >= 4 is 5.97 Å². The van der Waals surface area contributed by atoms with E-state index in [1.165, 1.54) is 0 Å². The third-order valence-electron chi connectivity index (χ3n) is 1.83. The Balaban J connectivity index is 2.76. The second kappa shape index (κ2) is 3.56. The lowest BCUT2D eigenvalue weighted by molar-refractivity contribution is -0.279. The fourth-order valence-corrected chi connectivity index (χ4v) is 1.07. The topological polar surface area (TPSA) is 127 Å². The highest BCUT2D eigenvalue weighted by Crippen LogP contribution is 2.19. The molecule has 7 nitrogen and oxygen atoms in total. The second-order valence-corrected chi connectivity index (χ2v) is 2.76. The number of carboxylic acids is 1. The Morgan fingerprint density at radius 3 is 2.00 bits per heavy atom. The molecule has 0 aromatic rings. The summed E-state index contributed by atoms with van der Waals surface area (Å²) in [6.07, 6.45) is -8.72. The third-order valence-corrected chi connectivity index (χ3v) is 1.83. The molecule has 0 bridgehead atoms. The lowest BCUT2D eigenvalue weighted by Crippen LogP contribution is -2.59. The molecule has 1 heterocycles. The maximum atomic E-state index is 10.4. The number of aliphatic hydroxyl groups is 4. The molecule has 5 N–H and O–H groups in total. The molecule has 0 radical (unpaired) electrons. The van der Waals surface area contributed by atoms with Gasteiger partial charge in [0.2, 0.25) is 0 Å². The Bertz CT molecular complexity index is 205. The number of ether oxygens (including phenoxy) is 1. The highest BCUT2D eigenvalue weighted by molar-refractivity contribution is 5.73. The van der Waals surface area contributed by atoms with Crippen molar-refractivity contribution in [3.05, 3.63) is 0 Å². The minimum absolute atomic E-state index is 1.52. The van der Waals surface area contributed by atoms with E-state index in [-0.39, 0.29) is 0 Å². The molecule has 0 saturated carbocycles. The maximum Gasteiger partial charge on any atom is 0.335 e. The summed E-state index contributed by atoms with van der Waals surface area (Å²) in [5, 5.41) is 44.4. The molecular weight excluding hydrogens is 184 g/mol. The molecule has 1 saturated heterocycles. The van der Waals surface area contributed by atoms with E-state index in [1.54, 1.807) is 0 Å². The summed E-state index contributed by atoms with van der Waals surface area (Å²) in [6, 6.07) is 0. The van der Waals surface area contributed by atoms with Crippen LogP contribution in [-0.4, -0.2) is 62.2 Å². The Kier molecular flexibility index (Phi) is 2.84. The predicted octanol–water partition coefficient (Wildman–Crippen LogP) is -3.13. The molecule has 0 aromatic heterocycles. The van der Waals surface area contributed by atoms with Crippen LogP contribution in [0.15, 0.2) is 0 Å². The van der Waals surface area contributed by atoms with Crippen molar-refractivity contribution < 1.29 is 35.1 Å². The van der Waals surface area contributed by atoms with Crippen molar-refractivity contribution in [2.24, 2.45) is 0 Å². The number of hydrogen-bond acceptors (Lipinski definition) is 6. The van der Waals surface area contributed by atoms with Gasteiger partial charge < -0.3 is 30.3 Å². The van der Waals surface area contributed by atoms with Gasteiger partial charge in [-0.05, 0) is 0 Å². The van der Waals surface area contributed by atoms with Crippen molar-refractivity contribution in [1.82, 2.24) is 0 Å². The molecule has 0 aromatic carbocycles. The normalized spacial score (nSPS) is 46.0. The number of carboxylic acid groups (broad SMARTS) is 1. The van der Waals surface area contributed by atoms with E-state index >= 15 is 0 Å². The van der Waals surface area contributed by atoms with Gasteiger partial charge in [0, 0.05) is 0 Å². The first kappa shape index (κ1) is 10.4. The highest BCUT2D eigenvalue weighted by atomic mass is 16.6. The Morgan fingerprint density at radius 2 is 1.54 bits per heavy atom. The van der Waals surface area contributed by atoms with Crippen molar-refractivity contribution in [2.75, 3.05) is 0 Å². The molecule has 1 fully saturated rings. The van der Waals surface area contributed by atoms with Crippen LogP contribution < -0.4 is 0 Å². The van der Waals surface area contributed by atoms with Gasteiger partial charge in [-0.3, -0.25) is 0 Å². The predicted molar refractivity (Wildman–Crippen MR) is 36.5 cm³/mol. The second-order valence-electron chi connectivity index (χ2n) is 2.76. The average Bonchev–Trinajstić information content (AvgIpc) is 2.07. The Labute approximate surface area is 72.8 Å². The fourth-order valence-electron chi connectivity index (χ4n) is 1.07. The van der Waals surface area contributed by atoms with Crippen molar-refractivity contribution in [3.63, 3.8) is 0 Å². The molecular formula is C6H10O7. The molecule has 7 heteroatoms. The smallest absolute Gasteiger partial charge is 0.335 e. The zero-order valence-electron chi connectivity index (χ0n) is 6.44. The highest BCUT2D eigenvalue weighted by Gasteiger charge is 2.46. The zero-order chi connectivity index (χ0) is 10.2. The molecule has 0 aliphatic carbocycles. The molecule has 1 aliphatic heterocycles. The standard InChI is InChI=1S/C6H10O7/c7-1-2(8)4(5(10)11)13-6(12)3(1)9/h1-4,6-9,12H,(H,10,11)/t1?,2-,3-,4+,6?/m1/s1. The Morgan fingerprint density at radius 1 is 1.00 bits per heavy atom. The molecule has 1 aliphatic rings. The summed E-state index contributed by atoms with van der Waals surface area (Å²) in [4.78, 5) is 10.4. The van der Waals surface area contributed by atoms with Crippen LogP contribution >= 0.6 is 0 Å².